The molecule has 0 fully saturated rings. The van der Waals surface area contributed by atoms with Crippen molar-refractivity contribution < 1.29 is 4.92 Å². The zero-order valence-corrected chi connectivity index (χ0v) is 9.56. The van der Waals surface area contributed by atoms with Gasteiger partial charge in [0.1, 0.15) is 5.69 Å². The fourth-order valence-electron chi connectivity index (χ4n) is 1.36. The summed E-state index contributed by atoms with van der Waals surface area (Å²) in [5, 5.41) is 25.6. The first-order chi connectivity index (χ1) is 8.19. The van der Waals surface area contributed by atoms with E-state index in [4.69, 9.17) is 5.26 Å². The molecule has 17 heavy (non-hydrogen) atoms. The number of nitrogens with zero attached hydrogens (tertiary/aromatic N) is 2. The molecule has 1 aromatic rings. The monoisotopic (exact) mass is 234 g/mol. The molecule has 6 heteroatoms. The minimum Gasteiger partial charge on any atom is -0.378 e. The van der Waals surface area contributed by atoms with Gasteiger partial charge in [0.15, 0.2) is 0 Å². The van der Waals surface area contributed by atoms with Crippen LogP contribution in [0.5, 0.6) is 0 Å². The van der Waals surface area contributed by atoms with Gasteiger partial charge in [0.25, 0.3) is 5.69 Å². The van der Waals surface area contributed by atoms with E-state index in [0.29, 0.717) is 12.2 Å². The van der Waals surface area contributed by atoms with Gasteiger partial charge < -0.3 is 10.6 Å². The van der Waals surface area contributed by atoms with Gasteiger partial charge in [-0.05, 0) is 18.7 Å². The Morgan fingerprint density at radius 2 is 2.24 bits per heavy atom. The number of nitro benzene ring substituents is 1. The standard InChI is InChI=1S/C11H14N4O2/c1-2-13-5-6-14-10-4-3-9(8-12)7-11(10)15(16)17/h3-4,7,13-14H,2,5-6H2,1H3. The summed E-state index contributed by atoms with van der Waals surface area (Å²) in [4.78, 5) is 10.3. The van der Waals surface area contributed by atoms with Gasteiger partial charge in [-0.3, -0.25) is 10.1 Å². The smallest absolute Gasteiger partial charge is 0.293 e. The van der Waals surface area contributed by atoms with E-state index in [9.17, 15) is 10.1 Å². The van der Waals surface area contributed by atoms with Crippen molar-refractivity contribution in [3.63, 3.8) is 0 Å². The third-order valence-corrected chi connectivity index (χ3v) is 2.19. The molecular weight excluding hydrogens is 220 g/mol. The Morgan fingerprint density at radius 1 is 1.47 bits per heavy atom. The van der Waals surface area contributed by atoms with Crippen molar-refractivity contribution in [1.29, 1.82) is 5.26 Å². The quantitative estimate of drug-likeness (QED) is 0.442. The SMILES string of the molecule is CCNCCNc1ccc(C#N)cc1[N+](=O)[O-]. The highest BCUT2D eigenvalue weighted by Gasteiger charge is 2.13. The molecule has 0 amide bonds. The van der Waals surface area contributed by atoms with Crippen LogP contribution < -0.4 is 10.6 Å². The van der Waals surface area contributed by atoms with Crippen molar-refractivity contribution in [2.24, 2.45) is 0 Å². The van der Waals surface area contributed by atoms with Crippen molar-refractivity contribution in [2.75, 3.05) is 25.0 Å². The van der Waals surface area contributed by atoms with E-state index in [-0.39, 0.29) is 11.3 Å². The highest BCUT2D eigenvalue weighted by molar-refractivity contribution is 5.64. The third kappa shape index (κ3) is 3.74. The second-order valence-electron chi connectivity index (χ2n) is 3.38. The van der Waals surface area contributed by atoms with Crippen LogP contribution in [0.3, 0.4) is 0 Å². The predicted octanol–water partition coefficient (Wildman–Crippen LogP) is 1.49. The number of hydrogen-bond donors (Lipinski definition) is 2. The molecule has 2 N–H and O–H groups in total. The Hall–Kier alpha value is -2.13. The van der Waals surface area contributed by atoms with Gasteiger partial charge in [0, 0.05) is 19.2 Å². The molecule has 1 aromatic carbocycles. The van der Waals surface area contributed by atoms with Gasteiger partial charge in [-0.15, -0.1) is 0 Å². The first-order valence-electron chi connectivity index (χ1n) is 5.32. The highest BCUT2D eigenvalue weighted by atomic mass is 16.6. The Balaban J connectivity index is 2.77. The van der Waals surface area contributed by atoms with E-state index >= 15 is 0 Å². The Kier molecular flexibility index (Phi) is 4.91. The molecule has 0 bridgehead atoms. The van der Waals surface area contributed by atoms with E-state index in [1.807, 2.05) is 13.0 Å². The van der Waals surface area contributed by atoms with E-state index in [1.165, 1.54) is 6.07 Å². The lowest BCUT2D eigenvalue weighted by Crippen LogP contribution is -2.21. The van der Waals surface area contributed by atoms with Crippen LogP contribution in [-0.4, -0.2) is 24.6 Å². The average molecular weight is 234 g/mol. The maximum atomic E-state index is 10.8. The zero-order valence-electron chi connectivity index (χ0n) is 9.56. The molecule has 6 nitrogen and oxygen atoms in total. The fraction of sp³-hybridized carbons (Fsp3) is 0.364. The summed E-state index contributed by atoms with van der Waals surface area (Å²) in [5.41, 5.74) is 0.654. The van der Waals surface area contributed by atoms with Gasteiger partial charge in [0.05, 0.1) is 16.6 Å². The Labute approximate surface area is 99.4 Å². The largest absolute Gasteiger partial charge is 0.378 e. The second-order valence-corrected chi connectivity index (χ2v) is 3.38. The number of nitrogens with one attached hydrogen (secondary N) is 2. The number of rotatable bonds is 6. The number of nitro groups is 1. The van der Waals surface area contributed by atoms with Crippen molar-refractivity contribution >= 4 is 11.4 Å². The van der Waals surface area contributed by atoms with Gasteiger partial charge in [-0.25, -0.2) is 0 Å². The first kappa shape index (κ1) is 12.9. The zero-order chi connectivity index (χ0) is 12.7. The van der Waals surface area contributed by atoms with Crippen LogP contribution in [0.15, 0.2) is 18.2 Å². The number of anilines is 1. The summed E-state index contributed by atoms with van der Waals surface area (Å²) < 4.78 is 0. The van der Waals surface area contributed by atoms with Crippen molar-refractivity contribution in [3.8, 4) is 6.07 Å². The third-order valence-electron chi connectivity index (χ3n) is 2.19. The number of likely N-dealkylation sites (N-methyl/N-ethyl adjacent to an activating group) is 1. The lowest BCUT2D eigenvalue weighted by atomic mass is 10.2. The van der Waals surface area contributed by atoms with Crippen LogP contribution in [0, 0.1) is 21.4 Å². The van der Waals surface area contributed by atoms with Crippen LogP contribution in [0.1, 0.15) is 12.5 Å². The van der Waals surface area contributed by atoms with Crippen molar-refractivity contribution in [1.82, 2.24) is 5.32 Å². The topological polar surface area (TPSA) is 91.0 Å². The molecule has 0 aliphatic carbocycles. The number of benzene rings is 1. The van der Waals surface area contributed by atoms with Gasteiger partial charge in [-0.1, -0.05) is 6.92 Å². The summed E-state index contributed by atoms with van der Waals surface area (Å²) in [5.74, 6) is 0. The summed E-state index contributed by atoms with van der Waals surface area (Å²) in [6.45, 7) is 4.18. The Morgan fingerprint density at radius 3 is 2.82 bits per heavy atom. The van der Waals surface area contributed by atoms with Gasteiger partial charge in [0.2, 0.25) is 0 Å². The van der Waals surface area contributed by atoms with E-state index in [1.54, 1.807) is 12.1 Å². The van der Waals surface area contributed by atoms with Gasteiger partial charge in [-0.2, -0.15) is 5.26 Å². The molecule has 0 atom stereocenters. The molecule has 0 aliphatic heterocycles. The Bertz CT molecular complexity index is 440. The minimum atomic E-state index is -0.490. The lowest BCUT2D eigenvalue weighted by molar-refractivity contribution is -0.384. The molecule has 0 saturated carbocycles. The normalized spacial score (nSPS) is 9.65. The summed E-state index contributed by atoms with van der Waals surface area (Å²) in [7, 11) is 0. The van der Waals surface area contributed by atoms with Crippen LogP contribution in [0.4, 0.5) is 11.4 Å². The first-order valence-corrected chi connectivity index (χ1v) is 5.32. The van der Waals surface area contributed by atoms with E-state index < -0.39 is 4.92 Å². The molecule has 0 unspecified atom stereocenters. The molecule has 0 saturated heterocycles. The molecule has 1 rings (SSSR count). The molecule has 0 heterocycles. The molecule has 90 valence electrons. The van der Waals surface area contributed by atoms with Crippen LogP contribution in [0.25, 0.3) is 0 Å². The van der Waals surface area contributed by atoms with Crippen molar-refractivity contribution in [2.45, 2.75) is 6.92 Å². The second kappa shape index (κ2) is 6.45. The fourth-order valence-corrected chi connectivity index (χ4v) is 1.36. The summed E-state index contributed by atoms with van der Waals surface area (Å²) in [6, 6.07) is 6.27. The molecule has 0 spiro atoms. The summed E-state index contributed by atoms with van der Waals surface area (Å²) >= 11 is 0. The maximum Gasteiger partial charge on any atom is 0.293 e. The van der Waals surface area contributed by atoms with Crippen molar-refractivity contribution in [3.05, 3.63) is 33.9 Å². The lowest BCUT2D eigenvalue weighted by Gasteiger charge is -2.07. The molecule has 0 aromatic heterocycles. The highest BCUT2D eigenvalue weighted by Crippen LogP contribution is 2.24. The maximum absolute atomic E-state index is 10.8. The van der Waals surface area contributed by atoms with Crippen LogP contribution in [-0.2, 0) is 0 Å². The minimum absolute atomic E-state index is 0.0689. The average Bonchev–Trinajstić information content (AvgIpc) is 2.34. The van der Waals surface area contributed by atoms with E-state index in [2.05, 4.69) is 10.6 Å². The van der Waals surface area contributed by atoms with Crippen LogP contribution >= 0.6 is 0 Å². The molecular formula is C11H14N4O2. The molecule has 0 aliphatic rings. The number of nitriles is 1. The van der Waals surface area contributed by atoms with Gasteiger partial charge >= 0.3 is 0 Å². The predicted molar refractivity (Wildman–Crippen MR) is 64.8 cm³/mol. The number of hydrogen-bond acceptors (Lipinski definition) is 5. The molecule has 0 radical (unpaired) electrons. The van der Waals surface area contributed by atoms with E-state index in [0.717, 1.165) is 13.1 Å². The van der Waals surface area contributed by atoms with Crippen LogP contribution in [0.2, 0.25) is 0 Å². The summed E-state index contributed by atoms with van der Waals surface area (Å²) in [6.07, 6.45) is 0.